The highest BCUT2D eigenvalue weighted by Gasteiger charge is 2.38. The van der Waals surface area contributed by atoms with Gasteiger partial charge < -0.3 is 9.80 Å². The van der Waals surface area contributed by atoms with Crippen LogP contribution in [0, 0.1) is 5.92 Å². The highest BCUT2D eigenvalue weighted by Crippen LogP contribution is 2.29. The minimum absolute atomic E-state index is 0.0267. The summed E-state index contributed by atoms with van der Waals surface area (Å²) in [4.78, 5) is 16.8. The number of halogens is 3. The molecule has 2 saturated heterocycles. The Balaban J connectivity index is 1.45. The number of likely N-dealkylation sites (tertiary alicyclic amines) is 1. The molecular formula is C18H23F3N6O. The summed E-state index contributed by atoms with van der Waals surface area (Å²) in [7, 11) is 0. The number of amides is 1. The second kappa shape index (κ2) is 7.21. The van der Waals surface area contributed by atoms with E-state index in [9.17, 15) is 18.0 Å². The van der Waals surface area contributed by atoms with Gasteiger partial charge in [0.05, 0.1) is 0 Å². The van der Waals surface area contributed by atoms with Gasteiger partial charge in [-0.15, -0.1) is 15.3 Å². The quantitative estimate of drug-likeness (QED) is 0.781. The average molecular weight is 396 g/mol. The summed E-state index contributed by atoms with van der Waals surface area (Å²) < 4.78 is 39.9. The van der Waals surface area contributed by atoms with Crippen molar-refractivity contribution in [3.8, 4) is 0 Å². The zero-order valence-electron chi connectivity index (χ0n) is 15.7. The van der Waals surface area contributed by atoms with Crippen LogP contribution in [-0.2, 0) is 11.0 Å². The third kappa shape index (κ3) is 3.51. The van der Waals surface area contributed by atoms with Crippen molar-refractivity contribution in [1.82, 2.24) is 24.7 Å². The van der Waals surface area contributed by atoms with Crippen molar-refractivity contribution >= 4 is 17.4 Å². The van der Waals surface area contributed by atoms with Crippen LogP contribution in [0.3, 0.4) is 0 Å². The number of hydrogen-bond donors (Lipinski definition) is 0. The van der Waals surface area contributed by atoms with Gasteiger partial charge in [0.25, 0.3) is 5.82 Å². The fourth-order valence-electron chi connectivity index (χ4n) is 4.14. The molecule has 1 amide bonds. The summed E-state index contributed by atoms with van der Waals surface area (Å²) in [6.07, 6.45) is 0.0106. The van der Waals surface area contributed by atoms with Gasteiger partial charge in [0.1, 0.15) is 5.82 Å². The van der Waals surface area contributed by atoms with Crippen molar-refractivity contribution in [2.45, 2.75) is 51.2 Å². The van der Waals surface area contributed by atoms with E-state index >= 15 is 0 Å². The molecule has 0 spiro atoms. The number of carbonyl (C=O) groups is 1. The van der Waals surface area contributed by atoms with Gasteiger partial charge >= 0.3 is 6.18 Å². The normalized spacial score (nSPS) is 22.1. The second-order valence-electron chi connectivity index (χ2n) is 7.62. The van der Waals surface area contributed by atoms with Gasteiger partial charge in [-0.25, -0.2) is 0 Å². The number of carbonyl (C=O) groups excluding carboxylic acids is 1. The molecule has 4 heterocycles. The summed E-state index contributed by atoms with van der Waals surface area (Å²) in [6, 6.07) is 3.42. The Kier molecular flexibility index (Phi) is 4.88. The van der Waals surface area contributed by atoms with Gasteiger partial charge in [0, 0.05) is 31.6 Å². The maximum Gasteiger partial charge on any atom is 0.453 e. The first-order valence-electron chi connectivity index (χ1n) is 9.69. The minimum atomic E-state index is -4.62. The van der Waals surface area contributed by atoms with Crippen molar-refractivity contribution in [2.24, 2.45) is 5.92 Å². The lowest BCUT2D eigenvalue weighted by atomic mass is 9.93. The second-order valence-corrected chi connectivity index (χ2v) is 7.62. The first-order valence-corrected chi connectivity index (χ1v) is 9.69. The largest absolute Gasteiger partial charge is 0.453 e. The Morgan fingerprint density at radius 1 is 1.07 bits per heavy atom. The fraction of sp³-hybridized carbons (Fsp3) is 0.667. The van der Waals surface area contributed by atoms with E-state index in [1.165, 1.54) is 12.5 Å². The molecular weight excluding hydrogens is 373 g/mol. The molecule has 0 radical (unpaired) electrons. The standard InChI is InChI=1S/C18H23F3N6O/c1-12-4-2-3-9-26(12)16(28)13-7-10-25(11-8-13)15-6-5-14-22-23-17(18(19,20)21)27(14)24-15/h5-6,12-13H,2-4,7-11H2,1H3. The van der Waals surface area contributed by atoms with Crippen LogP contribution in [-0.4, -0.2) is 56.3 Å². The number of fused-ring (bicyclic) bond motifs is 1. The minimum Gasteiger partial charge on any atom is -0.355 e. The lowest BCUT2D eigenvalue weighted by Crippen LogP contribution is -2.48. The van der Waals surface area contributed by atoms with E-state index in [0.29, 0.717) is 31.7 Å². The molecule has 1 unspecified atom stereocenters. The zero-order chi connectivity index (χ0) is 19.9. The first-order chi connectivity index (χ1) is 13.3. The van der Waals surface area contributed by atoms with Crippen LogP contribution in [0.25, 0.3) is 5.65 Å². The Labute approximate surface area is 160 Å². The molecule has 0 aliphatic carbocycles. The third-order valence-electron chi connectivity index (χ3n) is 5.76. The number of alkyl halides is 3. The van der Waals surface area contributed by atoms with Gasteiger partial charge in [0.2, 0.25) is 5.91 Å². The molecule has 7 nitrogen and oxygen atoms in total. The summed E-state index contributed by atoms with van der Waals surface area (Å²) in [5.41, 5.74) is 0.0558. The van der Waals surface area contributed by atoms with Crippen LogP contribution in [0.15, 0.2) is 12.1 Å². The molecule has 0 bridgehead atoms. The van der Waals surface area contributed by atoms with E-state index < -0.39 is 12.0 Å². The van der Waals surface area contributed by atoms with E-state index in [1.54, 1.807) is 6.07 Å². The van der Waals surface area contributed by atoms with Gasteiger partial charge in [-0.2, -0.15) is 17.7 Å². The number of aromatic nitrogens is 4. The Morgan fingerprint density at radius 3 is 2.50 bits per heavy atom. The van der Waals surface area contributed by atoms with Crippen LogP contribution < -0.4 is 4.90 Å². The lowest BCUT2D eigenvalue weighted by molar-refractivity contribution is -0.146. The van der Waals surface area contributed by atoms with E-state index in [2.05, 4.69) is 22.2 Å². The molecule has 2 aromatic rings. The maximum absolute atomic E-state index is 13.1. The Morgan fingerprint density at radius 2 is 1.82 bits per heavy atom. The molecule has 0 N–H and O–H groups in total. The van der Waals surface area contributed by atoms with Crippen molar-refractivity contribution in [2.75, 3.05) is 24.5 Å². The van der Waals surface area contributed by atoms with E-state index in [4.69, 9.17) is 0 Å². The van der Waals surface area contributed by atoms with Gasteiger partial charge in [-0.05, 0) is 51.2 Å². The van der Waals surface area contributed by atoms with E-state index in [0.717, 1.165) is 23.9 Å². The van der Waals surface area contributed by atoms with Gasteiger partial charge in [-0.1, -0.05) is 0 Å². The lowest BCUT2D eigenvalue weighted by Gasteiger charge is -2.39. The van der Waals surface area contributed by atoms with Crippen molar-refractivity contribution in [3.63, 3.8) is 0 Å². The van der Waals surface area contributed by atoms with Crippen molar-refractivity contribution in [1.29, 1.82) is 0 Å². The number of hydrogen-bond acceptors (Lipinski definition) is 5. The fourth-order valence-corrected chi connectivity index (χ4v) is 4.14. The number of piperidine rings is 2. The first kappa shape index (κ1) is 18.9. The van der Waals surface area contributed by atoms with Crippen molar-refractivity contribution < 1.29 is 18.0 Å². The summed E-state index contributed by atoms with van der Waals surface area (Å²) in [5.74, 6) is -0.502. The van der Waals surface area contributed by atoms with E-state index in [-0.39, 0.29) is 23.5 Å². The monoisotopic (exact) mass is 396 g/mol. The predicted molar refractivity (Wildman–Crippen MR) is 95.7 cm³/mol. The SMILES string of the molecule is CC1CCCCN1C(=O)C1CCN(c2ccc3nnc(C(F)(F)F)n3n2)CC1. The van der Waals surface area contributed by atoms with Gasteiger partial charge in [0.15, 0.2) is 5.65 Å². The molecule has 2 aliphatic heterocycles. The molecule has 152 valence electrons. The molecule has 0 aromatic carbocycles. The van der Waals surface area contributed by atoms with Crippen LogP contribution in [0.5, 0.6) is 0 Å². The summed E-state index contributed by atoms with van der Waals surface area (Å²) in [5, 5.41) is 10.8. The Bertz CT molecular complexity index is 859. The van der Waals surface area contributed by atoms with Crippen LogP contribution in [0.4, 0.5) is 19.0 Å². The number of rotatable bonds is 2. The molecule has 2 aromatic heterocycles. The summed E-state index contributed by atoms with van der Waals surface area (Å²) >= 11 is 0. The van der Waals surface area contributed by atoms with E-state index in [1.807, 2.05) is 9.80 Å². The summed E-state index contributed by atoms with van der Waals surface area (Å²) in [6.45, 7) is 4.09. The maximum atomic E-state index is 13.1. The average Bonchev–Trinajstić information content (AvgIpc) is 3.12. The molecule has 28 heavy (non-hydrogen) atoms. The number of nitrogens with zero attached hydrogens (tertiary/aromatic N) is 6. The number of anilines is 1. The Hall–Kier alpha value is -2.39. The van der Waals surface area contributed by atoms with Crippen LogP contribution in [0.2, 0.25) is 0 Å². The zero-order valence-corrected chi connectivity index (χ0v) is 15.7. The highest BCUT2D eigenvalue weighted by atomic mass is 19.4. The highest BCUT2D eigenvalue weighted by molar-refractivity contribution is 5.79. The molecule has 1 atom stereocenters. The molecule has 2 aliphatic rings. The predicted octanol–water partition coefficient (Wildman–Crippen LogP) is 2.76. The molecule has 10 heteroatoms. The molecule has 2 fully saturated rings. The van der Waals surface area contributed by atoms with Crippen LogP contribution in [0.1, 0.15) is 44.9 Å². The molecule has 0 saturated carbocycles. The van der Waals surface area contributed by atoms with Crippen molar-refractivity contribution in [3.05, 3.63) is 18.0 Å². The smallest absolute Gasteiger partial charge is 0.355 e. The van der Waals surface area contributed by atoms with Gasteiger partial charge in [-0.3, -0.25) is 4.79 Å². The van der Waals surface area contributed by atoms with Crippen LogP contribution >= 0.6 is 0 Å². The molecule has 4 rings (SSSR count). The topological polar surface area (TPSA) is 66.6 Å². The third-order valence-corrected chi connectivity index (χ3v) is 5.76.